The molecule has 144 valence electrons. The van der Waals surface area contributed by atoms with Crippen LogP contribution in [0.2, 0.25) is 0 Å². The van der Waals surface area contributed by atoms with Gasteiger partial charge >= 0.3 is 0 Å². The minimum atomic E-state index is -0.284. The number of benzene rings is 3. The van der Waals surface area contributed by atoms with E-state index < -0.39 is 0 Å². The highest BCUT2D eigenvalue weighted by Gasteiger charge is 2.12. The van der Waals surface area contributed by atoms with Crippen molar-refractivity contribution >= 4 is 34.5 Å². The number of methoxy groups -OCH3 is 1. The maximum atomic E-state index is 13.8. The van der Waals surface area contributed by atoms with Crippen LogP contribution < -0.4 is 9.47 Å². The summed E-state index contributed by atoms with van der Waals surface area (Å²) in [5, 5.41) is 0. The second kappa shape index (κ2) is 9.19. The van der Waals surface area contributed by atoms with Gasteiger partial charge in [0.15, 0.2) is 11.5 Å². The summed E-state index contributed by atoms with van der Waals surface area (Å²) in [6.45, 7) is 4.28. The smallest absolute Gasteiger partial charge is 0.174 e. The van der Waals surface area contributed by atoms with Gasteiger partial charge in [-0.15, -0.1) is 0 Å². The summed E-state index contributed by atoms with van der Waals surface area (Å²) in [7, 11) is 1.59. The van der Waals surface area contributed by atoms with Crippen molar-refractivity contribution in [2.75, 3.05) is 7.11 Å². The van der Waals surface area contributed by atoms with Gasteiger partial charge in [0.2, 0.25) is 0 Å². The van der Waals surface area contributed by atoms with E-state index in [1.54, 1.807) is 31.5 Å². The highest BCUT2D eigenvalue weighted by atomic mass is 127. The van der Waals surface area contributed by atoms with Crippen LogP contribution in [0.4, 0.5) is 10.1 Å². The Labute approximate surface area is 178 Å². The SMILES string of the molecule is COc1cc(C=Nc2ccc(C)c(C)c2)cc(I)c1OCc1ccccc1F. The van der Waals surface area contributed by atoms with Crippen molar-refractivity contribution < 1.29 is 13.9 Å². The fourth-order valence-electron chi connectivity index (χ4n) is 2.67. The molecular weight excluding hydrogens is 468 g/mol. The van der Waals surface area contributed by atoms with Crippen LogP contribution in [0.15, 0.2) is 59.6 Å². The molecule has 0 fully saturated rings. The van der Waals surface area contributed by atoms with Crippen molar-refractivity contribution in [3.05, 3.63) is 86.2 Å². The highest BCUT2D eigenvalue weighted by molar-refractivity contribution is 14.1. The van der Waals surface area contributed by atoms with Crippen LogP contribution in [0.1, 0.15) is 22.3 Å². The van der Waals surface area contributed by atoms with E-state index in [0.717, 1.165) is 14.8 Å². The van der Waals surface area contributed by atoms with Gasteiger partial charge in [0.25, 0.3) is 0 Å². The first kappa shape index (κ1) is 20.3. The Bertz CT molecular complexity index is 1020. The van der Waals surface area contributed by atoms with Gasteiger partial charge in [-0.25, -0.2) is 4.39 Å². The highest BCUT2D eigenvalue weighted by Crippen LogP contribution is 2.34. The van der Waals surface area contributed by atoms with E-state index in [4.69, 9.17) is 9.47 Å². The van der Waals surface area contributed by atoms with Gasteiger partial charge in [-0.2, -0.15) is 0 Å². The third-order valence-corrected chi connectivity index (χ3v) is 5.24. The molecule has 0 saturated carbocycles. The number of aliphatic imine (C=N–C) groups is 1. The van der Waals surface area contributed by atoms with Gasteiger partial charge in [-0.1, -0.05) is 24.3 Å². The Kier molecular flexibility index (Phi) is 6.67. The predicted molar refractivity (Wildman–Crippen MR) is 120 cm³/mol. The third-order valence-electron chi connectivity index (χ3n) is 4.43. The molecular formula is C23H21FINO2. The number of halogens is 2. The number of aryl methyl sites for hydroxylation is 2. The maximum absolute atomic E-state index is 13.8. The zero-order valence-electron chi connectivity index (χ0n) is 16.0. The minimum absolute atomic E-state index is 0.134. The first-order chi connectivity index (χ1) is 13.5. The van der Waals surface area contributed by atoms with Crippen molar-refractivity contribution in [3.8, 4) is 11.5 Å². The molecule has 0 radical (unpaired) electrons. The van der Waals surface area contributed by atoms with E-state index in [0.29, 0.717) is 17.1 Å². The lowest BCUT2D eigenvalue weighted by atomic mass is 10.1. The van der Waals surface area contributed by atoms with Crippen LogP contribution in [0.5, 0.6) is 11.5 Å². The summed E-state index contributed by atoms with van der Waals surface area (Å²) in [6.07, 6.45) is 1.80. The van der Waals surface area contributed by atoms with E-state index >= 15 is 0 Å². The molecule has 0 atom stereocenters. The lowest BCUT2D eigenvalue weighted by Crippen LogP contribution is -2.02. The van der Waals surface area contributed by atoms with Crippen LogP contribution in [-0.4, -0.2) is 13.3 Å². The lowest BCUT2D eigenvalue weighted by Gasteiger charge is -2.14. The zero-order chi connectivity index (χ0) is 20.1. The predicted octanol–water partition coefficient (Wildman–Crippen LogP) is 6.39. The second-order valence-corrected chi connectivity index (χ2v) is 7.60. The van der Waals surface area contributed by atoms with Crippen LogP contribution in [0, 0.1) is 23.2 Å². The molecule has 0 aliphatic carbocycles. The van der Waals surface area contributed by atoms with E-state index in [1.807, 2.05) is 18.2 Å². The quantitative estimate of drug-likeness (QED) is 0.297. The lowest BCUT2D eigenvalue weighted by molar-refractivity contribution is 0.277. The Morgan fingerprint density at radius 3 is 2.54 bits per heavy atom. The van der Waals surface area contributed by atoms with E-state index in [9.17, 15) is 4.39 Å². The molecule has 0 aliphatic heterocycles. The van der Waals surface area contributed by atoms with Crippen LogP contribution >= 0.6 is 22.6 Å². The first-order valence-corrected chi connectivity index (χ1v) is 9.91. The molecule has 0 saturated heterocycles. The summed E-state index contributed by atoms with van der Waals surface area (Å²) in [6, 6.07) is 16.5. The molecule has 28 heavy (non-hydrogen) atoms. The zero-order valence-corrected chi connectivity index (χ0v) is 18.2. The fraction of sp³-hybridized carbons (Fsp3) is 0.174. The summed E-state index contributed by atoms with van der Waals surface area (Å²) in [5.74, 6) is 0.896. The number of hydrogen-bond donors (Lipinski definition) is 0. The van der Waals surface area contributed by atoms with Crippen molar-refractivity contribution in [2.24, 2.45) is 4.99 Å². The topological polar surface area (TPSA) is 30.8 Å². The molecule has 3 aromatic carbocycles. The van der Waals surface area contributed by atoms with Gasteiger partial charge in [-0.05, 0) is 83.5 Å². The van der Waals surface area contributed by atoms with Gasteiger partial charge in [0.1, 0.15) is 12.4 Å². The molecule has 0 N–H and O–H groups in total. The molecule has 0 aromatic heterocycles. The van der Waals surface area contributed by atoms with Gasteiger partial charge in [0, 0.05) is 11.8 Å². The van der Waals surface area contributed by atoms with E-state index in [1.165, 1.54) is 17.2 Å². The number of nitrogens with zero attached hydrogens (tertiary/aromatic N) is 1. The summed E-state index contributed by atoms with van der Waals surface area (Å²) in [5.41, 5.74) is 4.75. The third kappa shape index (κ3) is 4.90. The van der Waals surface area contributed by atoms with Crippen molar-refractivity contribution in [1.82, 2.24) is 0 Å². The standard InChI is InChI=1S/C23H21FINO2/c1-15-8-9-19(10-16(15)2)26-13-17-11-21(25)23(22(12-17)27-3)28-14-18-6-4-5-7-20(18)24/h4-13H,14H2,1-3H3. The molecule has 0 spiro atoms. The Morgan fingerprint density at radius 1 is 1.04 bits per heavy atom. The number of hydrogen-bond acceptors (Lipinski definition) is 3. The molecule has 3 rings (SSSR count). The van der Waals surface area contributed by atoms with Crippen LogP contribution in [0.25, 0.3) is 0 Å². The number of rotatable bonds is 6. The molecule has 3 nitrogen and oxygen atoms in total. The monoisotopic (exact) mass is 489 g/mol. The minimum Gasteiger partial charge on any atom is -0.493 e. The average molecular weight is 489 g/mol. The summed E-state index contributed by atoms with van der Waals surface area (Å²) < 4.78 is 26.0. The average Bonchev–Trinajstić information content (AvgIpc) is 2.68. The number of ether oxygens (including phenoxy) is 2. The van der Waals surface area contributed by atoms with Gasteiger partial charge in [0.05, 0.1) is 16.4 Å². The Balaban J connectivity index is 1.81. The van der Waals surface area contributed by atoms with Gasteiger partial charge < -0.3 is 9.47 Å². The largest absolute Gasteiger partial charge is 0.493 e. The Hall–Kier alpha value is -2.41. The molecule has 0 aliphatic rings. The van der Waals surface area contributed by atoms with E-state index in [-0.39, 0.29) is 12.4 Å². The molecule has 0 unspecified atom stereocenters. The molecule has 5 heteroatoms. The maximum Gasteiger partial charge on any atom is 0.174 e. The van der Waals surface area contributed by atoms with Crippen LogP contribution in [-0.2, 0) is 6.61 Å². The molecule has 0 bridgehead atoms. The van der Waals surface area contributed by atoms with Crippen LogP contribution in [0.3, 0.4) is 0 Å². The first-order valence-electron chi connectivity index (χ1n) is 8.83. The Morgan fingerprint density at radius 2 is 1.82 bits per heavy atom. The van der Waals surface area contributed by atoms with E-state index in [2.05, 4.69) is 53.6 Å². The summed E-state index contributed by atoms with van der Waals surface area (Å²) >= 11 is 2.19. The molecule has 0 amide bonds. The normalized spacial score (nSPS) is 11.0. The van der Waals surface area contributed by atoms with Gasteiger partial charge in [-0.3, -0.25) is 4.99 Å². The van der Waals surface area contributed by atoms with Crippen molar-refractivity contribution in [3.63, 3.8) is 0 Å². The van der Waals surface area contributed by atoms with Crippen molar-refractivity contribution in [1.29, 1.82) is 0 Å². The second-order valence-electron chi connectivity index (χ2n) is 6.44. The molecule has 3 aromatic rings. The fourth-order valence-corrected chi connectivity index (χ4v) is 3.46. The summed E-state index contributed by atoms with van der Waals surface area (Å²) in [4.78, 5) is 4.56. The molecule has 0 heterocycles. The van der Waals surface area contributed by atoms with Crippen molar-refractivity contribution in [2.45, 2.75) is 20.5 Å².